The molecule has 4 nitrogen and oxygen atoms in total. The Bertz CT molecular complexity index is 838. The number of halogens is 2. The van der Waals surface area contributed by atoms with Crippen molar-refractivity contribution in [3.63, 3.8) is 0 Å². The smallest absolute Gasteiger partial charge is 0.148 e. The van der Waals surface area contributed by atoms with Gasteiger partial charge in [-0.25, -0.2) is 4.39 Å². The quantitative estimate of drug-likeness (QED) is 0.728. The van der Waals surface area contributed by atoms with Gasteiger partial charge in [-0.05, 0) is 67.9 Å². The third-order valence-electron chi connectivity index (χ3n) is 7.09. The van der Waals surface area contributed by atoms with Crippen LogP contribution in [0.1, 0.15) is 44.9 Å². The Labute approximate surface area is 176 Å². The maximum atomic E-state index is 13.5. The van der Waals surface area contributed by atoms with Crippen molar-refractivity contribution in [2.45, 2.75) is 57.0 Å². The molecule has 1 saturated heterocycles. The zero-order chi connectivity index (χ0) is 19.8. The van der Waals surface area contributed by atoms with Crippen LogP contribution in [0.5, 0.6) is 0 Å². The molecule has 2 saturated carbocycles. The van der Waals surface area contributed by atoms with Gasteiger partial charge in [0, 0.05) is 30.7 Å². The Morgan fingerprint density at radius 3 is 2.41 bits per heavy atom. The highest BCUT2D eigenvalue weighted by atomic mass is 35.5. The van der Waals surface area contributed by atoms with Crippen molar-refractivity contribution in [1.82, 2.24) is 15.1 Å². The first-order chi connectivity index (χ1) is 14.2. The van der Waals surface area contributed by atoms with Gasteiger partial charge in [-0.3, -0.25) is 4.90 Å². The predicted molar refractivity (Wildman–Crippen MR) is 115 cm³/mol. The highest BCUT2D eigenvalue weighted by Gasteiger charge is 2.42. The molecule has 3 fully saturated rings. The van der Waals surface area contributed by atoms with Crippen molar-refractivity contribution in [3.05, 3.63) is 41.2 Å². The number of nitrogens with zero attached hydrogens (tertiary/aromatic N) is 3. The molecule has 0 amide bonds. The number of benzene rings is 1. The van der Waals surface area contributed by atoms with Gasteiger partial charge in [0.1, 0.15) is 11.6 Å². The topological polar surface area (TPSA) is 41.0 Å². The molecule has 29 heavy (non-hydrogen) atoms. The summed E-state index contributed by atoms with van der Waals surface area (Å²) in [6.45, 7) is 2.55. The molecule has 1 aliphatic heterocycles. The van der Waals surface area contributed by atoms with Crippen molar-refractivity contribution in [3.8, 4) is 11.3 Å². The molecule has 5 rings (SSSR count). The molecule has 1 aromatic heterocycles. The van der Waals surface area contributed by atoms with Crippen LogP contribution in [0.4, 0.5) is 10.2 Å². The number of hydrogen-bond donors (Lipinski definition) is 1. The molecular formula is C23H28ClFN4. The number of anilines is 1. The summed E-state index contributed by atoms with van der Waals surface area (Å²) in [6, 6.07) is 9.39. The number of aromatic nitrogens is 2. The number of nitrogens with one attached hydrogen (secondary N) is 1. The van der Waals surface area contributed by atoms with Crippen LogP contribution < -0.4 is 5.32 Å². The van der Waals surface area contributed by atoms with E-state index in [4.69, 9.17) is 11.6 Å². The van der Waals surface area contributed by atoms with Gasteiger partial charge >= 0.3 is 0 Å². The zero-order valence-corrected chi connectivity index (χ0v) is 17.4. The lowest BCUT2D eigenvalue weighted by Gasteiger charge is -2.32. The van der Waals surface area contributed by atoms with E-state index < -0.39 is 0 Å². The van der Waals surface area contributed by atoms with Crippen LogP contribution in [-0.4, -0.2) is 40.3 Å². The Morgan fingerprint density at radius 1 is 0.966 bits per heavy atom. The number of rotatable bonds is 4. The van der Waals surface area contributed by atoms with Crippen LogP contribution in [0.2, 0.25) is 5.02 Å². The summed E-state index contributed by atoms with van der Waals surface area (Å²) in [5.41, 5.74) is 1.16. The summed E-state index contributed by atoms with van der Waals surface area (Å²) in [5, 5.41) is 12.6. The molecule has 0 spiro atoms. The summed E-state index contributed by atoms with van der Waals surface area (Å²) in [4.78, 5) is 2.78. The van der Waals surface area contributed by atoms with Crippen LogP contribution in [0.25, 0.3) is 11.3 Å². The second kappa shape index (κ2) is 8.19. The van der Waals surface area contributed by atoms with E-state index in [1.165, 1.54) is 70.2 Å². The summed E-state index contributed by atoms with van der Waals surface area (Å²) in [5.74, 6) is 2.09. The minimum absolute atomic E-state index is 0.326. The van der Waals surface area contributed by atoms with Gasteiger partial charge in [-0.1, -0.05) is 30.9 Å². The summed E-state index contributed by atoms with van der Waals surface area (Å²) < 4.78 is 13.5. The van der Waals surface area contributed by atoms with Crippen molar-refractivity contribution in [2.75, 3.05) is 18.4 Å². The van der Waals surface area contributed by atoms with E-state index in [-0.39, 0.29) is 5.82 Å². The number of fused-ring (bicyclic) bond motifs is 1. The van der Waals surface area contributed by atoms with E-state index in [0.29, 0.717) is 22.3 Å². The molecule has 0 bridgehead atoms. The van der Waals surface area contributed by atoms with Crippen LogP contribution in [0.15, 0.2) is 30.3 Å². The second-order valence-corrected chi connectivity index (χ2v) is 9.41. The van der Waals surface area contributed by atoms with Gasteiger partial charge in [0.05, 0.1) is 10.7 Å². The average Bonchev–Trinajstić information content (AvgIpc) is 3.30. The number of likely N-dealkylation sites (tertiary alicyclic amines) is 1. The third kappa shape index (κ3) is 4.13. The van der Waals surface area contributed by atoms with Crippen LogP contribution in [0.3, 0.4) is 0 Å². The molecule has 2 heterocycles. The van der Waals surface area contributed by atoms with Crippen molar-refractivity contribution in [2.24, 2.45) is 11.8 Å². The van der Waals surface area contributed by atoms with E-state index in [1.807, 2.05) is 12.1 Å². The standard InChI is InChI=1S/C23H28ClFN4/c24-21-7-6-17(25)12-20(21)22-8-9-23(28-27-22)26-18-10-15-13-29(14-16(15)11-18)19-4-2-1-3-5-19/h6-9,12,15-16,18-19H,1-5,10-11,13-14H2,(H,26,28)/t15-,16+,18?. The molecule has 154 valence electrons. The zero-order valence-electron chi connectivity index (χ0n) is 16.7. The first kappa shape index (κ1) is 19.3. The molecule has 1 N–H and O–H groups in total. The molecule has 6 heteroatoms. The average molecular weight is 415 g/mol. The summed E-state index contributed by atoms with van der Waals surface area (Å²) in [6.07, 6.45) is 9.48. The first-order valence-corrected chi connectivity index (χ1v) is 11.3. The lowest BCUT2D eigenvalue weighted by molar-refractivity contribution is 0.177. The van der Waals surface area contributed by atoms with Crippen molar-refractivity contribution < 1.29 is 4.39 Å². The van der Waals surface area contributed by atoms with Gasteiger partial charge in [0.2, 0.25) is 0 Å². The Morgan fingerprint density at radius 2 is 1.72 bits per heavy atom. The Balaban J connectivity index is 1.18. The van der Waals surface area contributed by atoms with E-state index in [0.717, 1.165) is 23.7 Å². The van der Waals surface area contributed by atoms with Crippen molar-refractivity contribution in [1.29, 1.82) is 0 Å². The Kier molecular flexibility index (Phi) is 5.44. The first-order valence-electron chi connectivity index (χ1n) is 11.0. The highest BCUT2D eigenvalue weighted by Crippen LogP contribution is 2.41. The SMILES string of the molecule is Fc1ccc(Cl)c(-c2ccc(NC3C[C@@H]4CN(C5CCCCC5)C[C@@H]4C3)nn2)c1. The Hall–Kier alpha value is -1.72. The van der Waals surface area contributed by atoms with Gasteiger partial charge in [-0.15, -0.1) is 10.2 Å². The van der Waals surface area contributed by atoms with Crippen LogP contribution in [0, 0.1) is 17.7 Å². The molecule has 3 aliphatic rings. The maximum absolute atomic E-state index is 13.5. The van der Waals surface area contributed by atoms with Crippen LogP contribution >= 0.6 is 11.6 Å². The fourth-order valence-corrected chi connectivity index (χ4v) is 5.87. The van der Waals surface area contributed by atoms with Gasteiger partial charge in [-0.2, -0.15) is 0 Å². The monoisotopic (exact) mass is 414 g/mol. The van der Waals surface area contributed by atoms with E-state index in [2.05, 4.69) is 20.4 Å². The van der Waals surface area contributed by atoms with Crippen molar-refractivity contribution >= 4 is 17.4 Å². The van der Waals surface area contributed by atoms with Gasteiger partial charge in [0.25, 0.3) is 0 Å². The third-order valence-corrected chi connectivity index (χ3v) is 7.42. The van der Waals surface area contributed by atoms with Crippen LogP contribution in [-0.2, 0) is 0 Å². The minimum atomic E-state index is -0.326. The van der Waals surface area contributed by atoms with E-state index in [9.17, 15) is 4.39 Å². The molecule has 3 atom stereocenters. The maximum Gasteiger partial charge on any atom is 0.148 e. The van der Waals surface area contributed by atoms with Gasteiger partial charge < -0.3 is 5.32 Å². The largest absolute Gasteiger partial charge is 0.366 e. The fraction of sp³-hybridized carbons (Fsp3) is 0.565. The number of hydrogen-bond acceptors (Lipinski definition) is 4. The highest BCUT2D eigenvalue weighted by molar-refractivity contribution is 6.33. The molecule has 1 unspecified atom stereocenters. The lowest BCUT2D eigenvalue weighted by atomic mass is 9.94. The molecular weight excluding hydrogens is 387 g/mol. The summed E-state index contributed by atoms with van der Waals surface area (Å²) >= 11 is 6.18. The molecule has 1 aromatic carbocycles. The molecule has 0 radical (unpaired) electrons. The van der Waals surface area contributed by atoms with E-state index in [1.54, 1.807) is 6.07 Å². The minimum Gasteiger partial charge on any atom is -0.366 e. The van der Waals surface area contributed by atoms with Gasteiger partial charge in [0.15, 0.2) is 0 Å². The molecule has 2 aliphatic carbocycles. The predicted octanol–water partition coefficient (Wildman–Crippen LogP) is 5.39. The van der Waals surface area contributed by atoms with E-state index >= 15 is 0 Å². The lowest BCUT2D eigenvalue weighted by Crippen LogP contribution is -2.36. The second-order valence-electron chi connectivity index (χ2n) is 9.01. The normalized spacial score (nSPS) is 27.9. The summed E-state index contributed by atoms with van der Waals surface area (Å²) in [7, 11) is 0. The fourth-order valence-electron chi connectivity index (χ4n) is 5.65. The molecule has 2 aromatic rings.